The van der Waals surface area contributed by atoms with Gasteiger partial charge in [0.05, 0.1) is 8.95 Å². The molecule has 4 nitrogen and oxygen atoms in total. The van der Waals surface area contributed by atoms with E-state index >= 15 is 0 Å². The summed E-state index contributed by atoms with van der Waals surface area (Å²) in [6, 6.07) is 3.28. The van der Waals surface area contributed by atoms with E-state index < -0.39 is 5.97 Å². The van der Waals surface area contributed by atoms with Crippen molar-refractivity contribution in [2.45, 2.75) is 0 Å². The van der Waals surface area contributed by atoms with E-state index in [-0.39, 0.29) is 6.61 Å². The molecule has 0 saturated carbocycles. The van der Waals surface area contributed by atoms with Crippen LogP contribution in [0.4, 0.5) is 5.69 Å². The molecule has 0 aliphatic heterocycles. The number of ether oxygens (including phenoxy) is 1. The Hall–Kier alpha value is -0.750. The number of carboxylic acid groups (broad SMARTS) is 1. The molecule has 76 valence electrons. The van der Waals surface area contributed by atoms with Gasteiger partial charge < -0.3 is 15.6 Å². The van der Waals surface area contributed by atoms with Gasteiger partial charge >= 0.3 is 5.97 Å². The van der Waals surface area contributed by atoms with Crippen molar-refractivity contribution in [1.29, 1.82) is 0 Å². The number of rotatable bonds is 3. The van der Waals surface area contributed by atoms with Crippen LogP contribution in [0, 0.1) is 0 Å². The van der Waals surface area contributed by atoms with Crippen LogP contribution in [-0.2, 0) is 4.79 Å². The summed E-state index contributed by atoms with van der Waals surface area (Å²) < 4.78 is 6.27. The highest BCUT2D eigenvalue weighted by molar-refractivity contribution is 9.11. The van der Waals surface area contributed by atoms with Crippen LogP contribution < -0.4 is 10.5 Å². The monoisotopic (exact) mass is 323 g/mol. The lowest BCUT2D eigenvalue weighted by molar-refractivity contribution is -0.139. The maximum atomic E-state index is 10.3. The first-order valence-electron chi connectivity index (χ1n) is 3.60. The number of benzene rings is 1. The van der Waals surface area contributed by atoms with E-state index in [0.29, 0.717) is 20.4 Å². The van der Waals surface area contributed by atoms with Gasteiger partial charge in [-0.15, -0.1) is 0 Å². The van der Waals surface area contributed by atoms with E-state index in [4.69, 9.17) is 15.6 Å². The molecule has 0 amide bonds. The number of hydrogen-bond donors (Lipinski definition) is 2. The Labute approximate surface area is 97.3 Å². The maximum Gasteiger partial charge on any atom is 0.341 e. The zero-order valence-corrected chi connectivity index (χ0v) is 10.1. The summed E-state index contributed by atoms with van der Waals surface area (Å²) >= 11 is 6.44. The second kappa shape index (κ2) is 4.65. The van der Waals surface area contributed by atoms with Crippen molar-refractivity contribution in [2.24, 2.45) is 0 Å². The van der Waals surface area contributed by atoms with Gasteiger partial charge in [0.25, 0.3) is 0 Å². The molecule has 1 aromatic carbocycles. The Bertz CT molecular complexity index is 345. The Kier molecular flexibility index (Phi) is 3.77. The molecule has 0 heterocycles. The zero-order valence-electron chi connectivity index (χ0n) is 6.96. The predicted molar refractivity (Wildman–Crippen MR) is 59.4 cm³/mol. The number of carboxylic acids is 1. The first-order chi connectivity index (χ1) is 6.50. The SMILES string of the molecule is Nc1cc(Br)c(OCC(=O)O)c(Br)c1. The summed E-state index contributed by atoms with van der Waals surface area (Å²) in [5.74, 6) is -0.595. The summed E-state index contributed by atoms with van der Waals surface area (Å²) in [6.07, 6.45) is 0. The standard InChI is InChI=1S/C8H7Br2NO3/c9-5-1-4(11)2-6(10)8(5)14-3-7(12)13/h1-2H,3,11H2,(H,12,13). The summed E-state index contributed by atoms with van der Waals surface area (Å²) in [5.41, 5.74) is 6.11. The summed E-state index contributed by atoms with van der Waals surface area (Å²) in [5, 5.41) is 8.43. The summed E-state index contributed by atoms with van der Waals surface area (Å²) in [6.45, 7) is -0.388. The van der Waals surface area contributed by atoms with Gasteiger partial charge in [-0.3, -0.25) is 0 Å². The lowest BCUT2D eigenvalue weighted by Crippen LogP contribution is -2.10. The van der Waals surface area contributed by atoms with E-state index in [1.807, 2.05) is 0 Å². The van der Waals surface area contributed by atoms with Gasteiger partial charge in [0, 0.05) is 5.69 Å². The van der Waals surface area contributed by atoms with Crippen molar-refractivity contribution < 1.29 is 14.6 Å². The van der Waals surface area contributed by atoms with Gasteiger partial charge in [0.2, 0.25) is 0 Å². The molecular weight excluding hydrogens is 318 g/mol. The van der Waals surface area contributed by atoms with E-state index in [9.17, 15) is 4.79 Å². The lowest BCUT2D eigenvalue weighted by Gasteiger charge is -2.08. The topological polar surface area (TPSA) is 72.5 Å². The van der Waals surface area contributed by atoms with Crippen LogP contribution in [-0.4, -0.2) is 17.7 Å². The lowest BCUT2D eigenvalue weighted by atomic mass is 10.3. The third-order valence-corrected chi connectivity index (χ3v) is 2.54. The minimum absolute atomic E-state index is 0.388. The Morgan fingerprint density at radius 2 is 1.93 bits per heavy atom. The molecule has 0 atom stereocenters. The number of halogens is 2. The quantitative estimate of drug-likeness (QED) is 0.836. The van der Waals surface area contributed by atoms with E-state index in [2.05, 4.69) is 31.9 Å². The predicted octanol–water partition coefficient (Wildman–Crippen LogP) is 2.26. The molecule has 0 aliphatic rings. The number of hydrogen-bond acceptors (Lipinski definition) is 3. The molecule has 1 rings (SSSR count). The largest absolute Gasteiger partial charge is 0.480 e. The summed E-state index contributed by atoms with van der Waals surface area (Å²) in [7, 11) is 0. The van der Waals surface area contributed by atoms with E-state index in [1.54, 1.807) is 12.1 Å². The molecule has 0 spiro atoms. The fourth-order valence-electron chi connectivity index (χ4n) is 0.851. The highest BCUT2D eigenvalue weighted by Gasteiger charge is 2.09. The van der Waals surface area contributed by atoms with Gasteiger partial charge in [0.1, 0.15) is 5.75 Å². The first-order valence-corrected chi connectivity index (χ1v) is 5.18. The second-order valence-corrected chi connectivity index (χ2v) is 4.20. The van der Waals surface area contributed by atoms with Crippen molar-refractivity contribution in [3.8, 4) is 5.75 Å². The van der Waals surface area contributed by atoms with Gasteiger partial charge in [-0.1, -0.05) is 0 Å². The number of nitrogen functional groups attached to an aromatic ring is 1. The Balaban J connectivity index is 2.91. The van der Waals surface area contributed by atoms with Crippen LogP contribution >= 0.6 is 31.9 Å². The van der Waals surface area contributed by atoms with Crippen molar-refractivity contribution in [2.75, 3.05) is 12.3 Å². The van der Waals surface area contributed by atoms with Crippen molar-refractivity contribution in [1.82, 2.24) is 0 Å². The zero-order chi connectivity index (χ0) is 10.7. The molecule has 6 heteroatoms. The third-order valence-electron chi connectivity index (χ3n) is 1.36. The van der Waals surface area contributed by atoms with Crippen molar-refractivity contribution >= 4 is 43.5 Å². The average Bonchev–Trinajstić information content (AvgIpc) is 2.01. The Morgan fingerprint density at radius 3 is 2.36 bits per heavy atom. The van der Waals surface area contributed by atoms with Crippen LogP contribution in [0.25, 0.3) is 0 Å². The van der Waals surface area contributed by atoms with Crippen LogP contribution in [0.3, 0.4) is 0 Å². The molecular formula is C8H7Br2NO3. The van der Waals surface area contributed by atoms with Crippen molar-refractivity contribution in [3.63, 3.8) is 0 Å². The summed E-state index contributed by atoms with van der Waals surface area (Å²) in [4.78, 5) is 10.3. The van der Waals surface area contributed by atoms with Gasteiger partial charge in [0.15, 0.2) is 6.61 Å². The van der Waals surface area contributed by atoms with Gasteiger partial charge in [-0.2, -0.15) is 0 Å². The molecule has 0 unspecified atom stereocenters. The van der Waals surface area contributed by atoms with Crippen LogP contribution in [0.1, 0.15) is 0 Å². The van der Waals surface area contributed by atoms with Gasteiger partial charge in [-0.25, -0.2) is 4.79 Å². The minimum atomic E-state index is -1.03. The van der Waals surface area contributed by atoms with Gasteiger partial charge in [-0.05, 0) is 44.0 Å². The molecule has 1 aromatic rings. The van der Waals surface area contributed by atoms with Crippen LogP contribution in [0.2, 0.25) is 0 Å². The third kappa shape index (κ3) is 2.88. The molecule has 0 aromatic heterocycles. The molecule has 3 N–H and O–H groups in total. The molecule has 0 bridgehead atoms. The highest BCUT2D eigenvalue weighted by atomic mass is 79.9. The Morgan fingerprint density at radius 1 is 1.43 bits per heavy atom. The second-order valence-electron chi connectivity index (χ2n) is 2.50. The number of aliphatic carboxylic acids is 1. The molecule has 0 aliphatic carbocycles. The fraction of sp³-hybridized carbons (Fsp3) is 0.125. The van der Waals surface area contributed by atoms with E-state index in [1.165, 1.54) is 0 Å². The normalized spacial score (nSPS) is 9.86. The number of anilines is 1. The molecule has 0 saturated heterocycles. The highest BCUT2D eigenvalue weighted by Crippen LogP contribution is 2.35. The van der Waals surface area contributed by atoms with Crippen LogP contribution in [0.5, 0.6) is 5.75 Å². The maximum absolute atomic E-state index is 10.3. The molecule has 14 heavy (non-hydrogen) atoms. The fourth-order valence-corrected chi connectivity index (χ4v) is 2.30. The van der Waals surface area contributed by atoms with Crippen molar-refractivity contribution in [3.05, 3.63) is 21.1 Å². The van der Waals surface area contributed by atoms with E-state index in [0.717, 1.165) is 0 Å². The average molecular weight is 325 g/mol. The van der Waals surface area contributed by atoms with Crippen LogP contribution in [0.15, 0.2) is 21.1 Å². The molecule has 0 radical (unpaired) electrons. The molecule has 0 fully saturated rings. The number of carbonyl (C=O) groups is 1. The number of nitrogens with two attached hydrogens (primary N) is 1. The minimum Gasteiger partial charge on any atom is -0.480 e. The smallest absolute Gasteiger partial charge is 0.341 e. The first kappa shape index (κ1) is 11.3.